The van der Waals surface area contributed by atoms with Crippen molar-refractivity contribution in [1.82, 2.24) is 4.98 Å². The van der Waals surface area contributed by atoms with Crippen LogP contribution in [-0.2, 0) is 11.2 Å². The first kappa shape index (κ1) is 14.7. The molecule has 0 aliphatic rings. The van der Waals surface area contributed by atoms with Crippen LogP contribution in [0.3, 0.4) is 0 Å². The minimum atomic E-state index is -0.0244. The van der Waals surface area contributed by atoms with Gasteiger partial charge in [-0.1, -0.05) is 47.7 Å². The molecule has 0 saturated heterocycles. The number of thiazole rings is 1. The number of fused-ring (bicyclic) bond motifs is 1. The molecule has 112 valence electrons. The number of rotatable bonds is 3. The van der Waals surface area contributed by atoms with Gasteiger partial charge in [-0.3, -0.25) is 4.79 Å². The van der Waals surface area contributed by atoms with Crippen molar-refractivity contribution in [3.8, 4) is 0 Å². The quantitative estimate of drug-likeness (QED) is 0.779. The molecular formula is C18H18N2OS. The van der Waals surface area contributed by atoms with Crippen LogP contribution < -0.4 is 5.32 Å². The summed E-state index contributed by atoms with van der Waals surface area (Å²) in [5.41, 5.74) is 5.49. The highest BCUT2D eigenvalue weighted by atomic mass is 32.1. The Morgan fingerprint density at radius 1 is 1.05 bits per heavy atom. The fourth-order valence-electron chi connectivity index (χ4n) is 2.46. The smallest absolute Gasteiger partial charge is 0.230 e. The summed E-state index contributed by atoms with van der Waals surface area (Å²) < 4.78 is 1.14. The number of carbonyl (C=O) groups is 1. The number of hydrogen-bond acceptors (Lipinski definition) is 3. The van der Waals surface area contributed by atoms with E-state index in [0.717, 1.165) is 26.9 Å². The average Bonchev–Trinajstić information content (AvgIpc) is 2.90. The van der Waals surface area contributed by atoms with Gasteiger partial charge in [-0.2, -0.15) is 0 Å². The van der Waals surface area contributed by atoms with Gasteiger partial charge < -0.3 is 5.32 Å². The van der Waals surface area contributed by atoms with Crippen LogP contribution in [0.1, 0.15) is 22.3 Å². The van der Waals surface area contributed by atoms with E-state index >= 15 is 0 Å². The van der Waals surface area contributed by atoms with Gasteiger partial charge in [0.15, 0.2) is 5.13 Å². The Morgan fingerprint density at radius 3 is 2.50 bits per heavy atom. The van der Waals surface area contributed by atoms with Crippen LogP contribution in [-0.4, -0.2) is 10.9 Å². The second kappa shape index (κ2) is 5.89. The number of carbonyl (C=O) groups excluding carboxylic acids is 1. The van der Waals surface area contributed by atoms with Crippen LogP contribution in [0, 0.1) is 20.8 Å². The van der Waals surface area contributed by atoms with Crippen molar-refractivity contribution in [3.05, 3.63) is 58.7 Å². The first-order valence-corrected chi connectivity index (χ1v) is 8.07. The topological polar surface area (TPSA) is 42.0 Å². The molecule has 1 heterocycles. The number of nitrogens with one attached hydrogen (secondary N) is 1. The molecule has 3 rings (SSSR count). The summed E-state index contributed by atoms with van der Waals surface area (Å²) in [5.74, 6) is -0.0244. The normalized spacial score (nSPS) is 10.9. The monoisotopic (exact) mass is 310 g/mol. The maximum atomic E-state index is 12.2. The van der Waals surface area contributed by atoms with Crippen molar-refractivity contribution in [3.63, 3.8) is 0 Å². The Morgan fingerprint density at radius 2 is 1.77 bits per heavy atom. The Hall–Kier alpha value is -2.20. The van der Waals surface area contributed by atoms with Gasteiger partial charge in [-0.05, 0) is 43.0 Å². The lowest BCUT2D eigenvalue weighted by Crippen LogP contribution is -2.14. The summed E-state index contributed by atoms with van der Waals surface area (Å²) in [6.45, 7) is 6.13. The van der Waals surface area contributed by atoms with Crippen molar-refractivity contribution in [1.29, 1.82) is 0 Å². The molecule has 1 N–H and O–H groups in total. The predicted octanol–water partition coefficient (Wildman–Crippen LogP) is 4.40. The third-order valence-electron chi connectivity index (χ3n) is 3.80. The molecule has 0 atom stereocenters. The lowest BCUT2D eigenvalue weighted by molar-refractivity contribution is -0.115. The minimum Gasteiger partial charge on any atom is -0.302 e. The van der Waals surface area contributed by atoms with Crippen LogP contribution in [0.15, 0.2) is 36.4 Å². The number of nitrogens with zero attached hydrogens (tertiary/aromatic N) is 1. The molecule has 0 aliphatic carbocycles. The lowest BCUT2D eigenvalue weighted by atomic mass is 10.1. The van der Waals surface area contributed by atoms with Gasteiger partial charge in [0.25, 0.3) is 0 Å². The maximum Gasteiger partial charge on any atom is 0.230 e. The zero-order chi connectivity index (χ0) is 15.7. The zero-order valence-corrected chi connectivity index (χ0v) is 13.8. The molecule has 4 heteroatoms. The Balaban J connectivity index is 1.81. The van der Waals surface area contributed by atoms with E-state index < -0.39 is 0 Å². The highest BCUT2D eigenvalue weighted by molar-refractivity contribution is 7.22. The second-order valence-electron chi connectivity index (χ2n) is 5.55. The van der Waals surface area contributed by atoms with E-state index in [2.05, 4.69) is 29.4 Å². The molecule has 0 radical (unpaired) electrons. The first-order valence-electron chi connectivity index (χ1n) is 7.25. The van der Waals surface area contributed by atoms with Crippen molar-refractivity contribution >= 4 is 32.6 Å². The van der Waals surface area contributed by atoms with Crippen molar-refractivity contribution < 1.29 is 4.79 Å². The molecule has 0 saturated carbocycles. The van der Waals surface area contributed by atoms with Gasteiger partial charge in [0.2, 0.25) is 5.91 Å². The van der Waals surface area contributed by atoms with Crippen molar-refractivity contribution in [2.24, 2.45) is 0 Å². The van der Waals surface area contributed by atoms with Crippen molar-refractivity contribution in [2.75, 3.05) is 5.32 Å². The Bertz CT molecular complexity index is 812. The average molecular weight is 310 g/mol. The van der Waals surface area contributed by atoms with Crippen molar-refractivity contribution in [2.45, 2.75) is 27.2 Å². The highest BCUT2D eigenvalue weighted by Gasteiger charge is 2.12. The largest absolute Gasteiger partial charge is 0.302 e. The molecule has 0 bridgehead atoms. The van der Waals surface area contributed by atoms with Gasteiger partial charge in [-0.25, -0.2) is 4.98 Å². The number of anilines is 1. The Labute approximate surface area is 134 Å². The van der Waals surface area contributed by atoms with E-state index in [1.165, 1.54) is 16.9 Å². The zero-order valence-electron chi connectivity index (χ0n) is 12.9. The Kier molecular flexibility index (Phi) is 3.94. The fraction of sp³-hybridized carbons (Fsp3) is 0.222. The molecule has 1 aromatic heterocycles. The number of benzene rings is 2. The maximum absolute atomic E-state index is 12.2. The molecule has 1 amide bonds. The van der Waals surface area contributed by atoms with E-state index in [1.54, 1.807) is 0 Å². The summed E-state index contributed by atoms with van der Waals surface area (Å²) in [4.78, 5) is 16.8. The summed E-state index contributed by atoms with van der Waals surface area (Å²) >= 11 is 1.54. The summed E-state index contributed by atoms with van der Waals surface area (Å²) in [6.07, 6.45) is 0.376. The first-order chi connectivity index (χ1) is 10.5. The molecule has 0 fully saturated rings. The van der Waals surface area contributed by atoms with E-state index in [4.69, 9.17) is 0 Å². The van der Waals surface area contributed by atoms with E-state index in [9.17, 15) is 4.79 Å². The SMILES string of the molecule is Cc1ccccc1CC(=O)Nc1nc2c(C)ccc(C)c2s1. The van der Waals surface area contributed by atoms with Gasteiger partial charge >= 0.3 is 0 Å². The van der Waals surface area contributed by atoms with Crippen LogP contribution >= 0.6 is 11.3 Å². The van der Waals surface area contributed by atoms with Crippen LogP contribution in [0.25, 0.3) is 10.2 Å². The molecule has 3 nitrogen and oxygen atoms in total. The number of aryl methyl sites for hydroxylation is 3. The number of aromatic nitrogens is 1. The van der Waals surface area contributed by atoms with E-state index in [1.807, 2.05) is 38.1 Å². The van der Waals surface area contributed by atoms with Crippen LogP contribution in [0.4, 0.5) is 5.13 Å². The summed E-state index contributed by atoms with van der Waals surface area (Å²) in [5, 5.41) is 3.60. The number of amides is 1. The third-order valence-corrected chi connectivity index (χ3v) is 4.91. The second-order valence-corrected chi connectivity index (χ2v) is 6.55. The molecule has 3 aromatic rings. The van der Waals surface area contributed by atoms with E-state index in [-0.39, 0.29) is 5.91 Å². The van der Waals surface area contributed by atoms with E-state index in [0.29, 0.717) is 11.6 Å². The molecule has 22 heavy (non-hydrogen) atoms. The predicted molar refractivity (Wildman–Crippen MR) is 92.6 cm³/mol. The molecule has 0 aliphatic heterocycles. The summed E-state index contributed by atoms with van der Waals surface area (Å²) in [6, 6.07) is 12.1. The van der Waals surface area contributed by atoms with Gasteiger partial charge in [0, 0.05) is 0 Å². The highest BCUT2D eigenvalue weighted by Crippen LogP contribution is 2.30. The molecule has 2 aromatic carbocycles. The van der Waals surface area contributed by atoms with Gasteiger partial charge in [0.1, 0.15) is 0 Å². The summed E-state index contributed by atoms with van der Waals surface area (Å²) in [7, 11) is 0. The van der Waals surface area contributed by atoms with Crippen LogP contribution in [0.2, 0.25) is 0 Å². The molecule has 0 unspecified atom stereocenters. The minimum absolute atomic E-state index is 0.0244. The van der Waals surface area contributed by atoms with Gasteiger partial charge in [0.05, 0.1) is 16.6 Å². The lowest BCUT2D eigenvalue weighted by Gasteiger charge is -2.04. The standard InChI is InChI=1S/C18H18N2OS/c1-11-6-4-5-7-14(11)10-15(21)19-18-20-16-12(2)8-9-13(3)17(16)22-18/h4-9H,10H2,1-3H3,(H,19,20,21). The fourth-order valence-corrected chi connectivity index (χ4v) is 3.49. The molecular weight excluding hydrogens is 292 g/mol. The van der Waals surface area contributed by atoms with Crippen LogP contribution in [0.5, 0.6) is 0 Å². The number of hydrogen-bond donors (Lipinski definition) is 1. The van der Waals surface area contributed by atoms with Gasteiger partial charge in [-0.15, -0.1) is 0 Å². The molecule has 0 spiro atoms. The third kappa shape index (κ3) is 2.88.